The van der Waals surface area contributed by atoms with Gasteiger partial charge in [-0.15, -0.1) is 0 Å². The van der Waals surface area contributed by atoms with Gasteiger partial charge in [0, 0.05) is 38.6 Å². The second-order valence-electron chi connectivity index (χ2n) is 9.66. The van der Waals surface area contributed by atoms with Crippen molar-refractivity contribution in [2.75, 3.05) is 39.8 Å². The van der Waals surface area contributed by atoms with E-state index in [-0.39, 0.29) is 12.5 Å². The molecule has 4 rings (SSSR count). The third-order valence-corrected chi connectivity index (χ3v) is 7.28. The number of hydrogen-bond acceptors (Lipinski definition) is 5. The first-order valence-electron chi connectivity index (χ1n) is 12.4. The number of benzene rings is 2. The van der Waals surface area contributed by atoms with Gasteiger partial charge in [0.1, 0.15) is 6.61 Å². The number of hydrogen-bond donors (Lipinski definition) is 2. The van der Waals surface area contributed by atoms with Crippen LogP contribution < -0.4 is 14.8 Å². The highest BCUT2D eigenvalue weighted by Gasteiger charge is 2.40. The molecule has 0 amide bonds. The molecular weight excluding hydrogens is 457 g/mol. The largest absolute Gasteiger partial charge is 0.493 e. The smallest absolute Gasteiger partial charge is 0.416 e. The number of nitrogens with zero attached hydrogens (tertiary/aromatic N) is 1. The fourth-order valence-corrected chi connectivity index (χ4v) is 5.22. The summed E-state index contributed by atoms with van der Waals surface area (Å²) in [6.45, 7) is 4.72. The second kappa shape index (κ2) is 11.2. The van der Waals surface area contributed by atoms with Crippen LogP contribution in [-0.4, -0.2) is 55.4 Å². The first-order chi connectivity index (χ1) is 16.8. The zero-order valence-electron chi connectivity index (χ0n) is 20.2. The summed E-state index contributed by atoms with van der Waals surface area (Å²) in [5.41, 5.74) is 0.222. The van der Waals surface area contributed by atoms with Crippen LogP contribution in [-0.2, 0) is 12.8 Å². The zero-order valence-corrected chi connectivity index (χ0v) is 20.2. The van der Waals surface area contributed by atoms with Gasteiger partial charge in [-0.05, 0) is 48.2 Å². The highest BCUT2D eigenvalue weighted by molar-refractivity contribution is 5.45. The molecule has 0 bridgehead atoms. The fraction of sp³-hybridized carbons (Fsp3) is 0.556. The number of nitrogens with one attached hydrogen (secondary N) is 1. The maximum atomic E-state index is 12.8. The summed E-state index contributed by atoms with van der Waals surface area (Å²) in [6.07, 6.45) is 0.432. The van der Waals surface area contributed by atoms with Gasteiger partial charge in [-0.3, -0.25) is 0 Å². The van der Waals surface area contributed by atoms with Crippen LogP contribution in [0.4, 0.5) is 13.2 Å². The van der Waals surface area contributed by atoms with Gasteiger partial charge in [-0.2, -0.15) is 13.2 Å². The molecule has 8 heteroatoms. The zero-order chi connectivity index (χ0) is 24.9. The molecule has 192 valence electrons. The third-order valence-electron chi connectivity index (χ3n) is 7.28. The summed E-state index contributed by atoms with van der Waals surface area (Å²) in [5, 5.41) is 15.1. The Balaban J connectivity index is 1.52. The molecule has 1 aliphatic carbocycles. The van der Waals surface area contributed by atoms with E-state index in [4.69, 9.17) is 9.47 Å². The third kappa shape index (κ3) is 6.48. The number of rotatable bonds is 8. The van der Waals surface area contributed by atoms with Crippen LogP contribution in [0.25, 0.3) is 0 Å². The average Bonchev–Trinajstić information content (AvgIpc) is 2.87. The van der Waals surface area contributed by atoms with Gasteiger partial charge >= 0.3 is 6.18 Å². The Hall–Kier alpha value is -2.29. The van der Waals surface area contributed by atoms with Crippen LogP contribution in [0.15, 0.2) is 42.5 Å². The predicted octanol–water partition coefficient (Wildman–Crippen LogP) is 4.98. The lowest BCUT2D eigenvalue weighted by Gasteiger charge is -2.42. The Morgan fingerprint density at radius 3 is 2.31 bits per heavy atom. The molecule has 2 aromatic carbocycles. The Labute approximate surface area is 205 Å². The van der Waals surface area contributed by atoms with Crippen molar-refractivity contribution in [3.8, 4) is 11.5 Å². The van der Waals surface area contributed by atoms with Crippen molar-refractivity contribution < 1.29 is 27.8 Å². The van der Waals surface area contributed by atoms with E-state index in [0.29, 0.717) is 17.1 Å². The molecule has 1 heterocycles. The summed E-state index contributed by atoms with van der Waals surface area (Å²) in [4.78, 5) is 2.41. The van der Waals surface area contributed by atoms with Crippen LogP contribution in [0.2, 0.25) is 0 Å². The first kappa shape index (κ1) is 25.8. The van der Waals surface area contributed by atoms with E-state index >= 15 is 0 Å². The average molecular weight is 493 g/mol. The molecule has 5 nitrogen and oxygen atoms in total. The summed E-state index contributed by atoms with van der Waals surface area (Å²) < 4.78 is 50.0. The van der Waals surface area contributed by atoms with E-state index in [9.17, 15) is 18.3 Å². The van der Waals surface area contributed by atoms with Gasteiger partial charge in [0.15, 0.2) is 11.5 Å². The quantitative estimate of drug-likeness (QED) is 0.545. The molecule has 1 atom stereocenters. The second-order valence-corrected chi connectivity index (χ2v) is 9.66. The van der Waals surface area contributed by atoms with Crippen molar-refractivity contribution >= 4 is 0 Å². The maximum Gasteiger partial charge on any atom is 0.416 e. The summed E-state index contributed by atoms with van der Waals surface area (Å²) in [6, 6.07) is 10.7. The van der Waals surface area contributed by atoms with Gasteiger partial charge < -0.3 is 24.8 Å². The monoisotopic (exact) mass is 492 g/mol. The molecule has 2 aliphatic rings. The number of alkyl halides is 3. The molecule has 1 aliphatic heterocycles. The van der Waals surface area contributed by atoms with E-state index in [2.05, 4.69) is 10.2 Å². The van der Waals surface area contributed by atoms with Crippen molar-refractivity contribution in [1.29, 1.82) is 0 Å². The minimum Gasteiger partial charge on any atom is -0.493 e. The molecular formula is C27H35F3N2O3. The van der Waals surface area contributed by atoms with Crippen molar-refractivity contribution in [2.24, 2.45) is 0 Å². The van der Waals surface area contributed by atoms with Crippen LogP contribution in [0, 0.1) is 0 Å². The summed E-state index contributed by atoms with van der Waals surface area (Å²) in [7, 11) is 1.57. The lowest BCUT2D eigenvalue weighted by Crippen LogP contribution is -2.49. The Kier molecular flexibility index (Phi) is 8.24. The number of aliphatic hydroxyl groups is 1. The molecule has 0 radical (unpaired) electrons. The fourth-order valence-electron chi connectivity index (χ4n) is 5.22. The number of methoxy groups -OCH3 is 1. The van der Waals surface area contributed by atoms with Gasteiger partial charge in [-0.1, -0.05) is 37.5 Å². The van der Waals surface area contributed by atoms with E-state index in [1.807, 2.05) is 18.2 Å². The Bertz CT molecular complexity index is 953. The maximum absolute atomic E-state index is 12.8. The standard InChI is InChI=1S/C27H35F3N2O3/c1-34-25-17-21(7-10-24(25)35-19-20-5-8-22(9-6-20)27(28,29)30)23(18-32-15-13-31-14-16-32)26(33)11-3-2-4-12-26/h5-10,17,23,31,33H,2-4,11-16,18-19H2,1H3. The van der Waals surface area contributed by atoms with Gasteiger partial charge in [0.05, 0.1) is 18.3 Å². The molecule has 2 N–H and O–H groups in total. The summed E-state index contributed by atoms with van der Waals surface area (Å²) in [5.74, 6) is 1.03. The minimum absolute atomic E-state index is 0.0428. The number of ether oxygens (including phenoxy) is 2. The molecule has 35 heavy (non-hydrogen) atoms. The molecule has 0 aromatic heterocycles. The van der Waals surface area contributed by atoms with Crippen LogP contribution in [0.1, 0.15) is 54.7 Å². The molecule has 1 saturated heterocycles. The number of halogens is 3. The van der Waals surface area contributed by atoms with Gasteiger partial charge in [0.2, 0.25) is 0 Å². The summed E-state index contributed by atoms with van der Waals surface area (Å²) >= 11 is 0. The van der Waals surface area contributed by atoms with Gasteiger partial charge in [0.25, 0.3) is 0 Å². The van der Waals surface area contributed by atoms with E-state index in [0.717, 1.165) is 82.5 Å². The van der Waals surface area contributed by atoms with E-state index in [1.54, 1.807) is 7.11 Å². The molecule has 0 spiro atoms. The Morgan fingerprint density at radius 1 is 1.00 bits per heavy atom. The van der Waals surface area contributed by atoms with Crippen molar-refractivity contribution in [3.05, 3.63) is 59.2 Å². The Morgan fingerprint density at radius 2 is 1.69 bits per heavy atom. The highest BCUT2D eigenvalue weighted by atomic mass is 19.4. The van der Waals surface area contributed by atoms with Crippen molar-refractivity contribution in [1.82, 2.24) is 10.2 Å². The van der Waals surface area contributed by atoms with Crippen molar-refractivity contribution in [3.63, 3.8) is 0 Å². The molecule has 2 aromatic rings. The lowest BCUT2D eigenvalue weighted by molar-refractivity contribution is -0.137. The number of piperazine rings is 1. The predicted molar refractivity (Wildman–Crippen MR) is 129 cm³/mol. The minimum atomic E-state index is -4.36. The van der Waals surface area contributed by atoms with Crippen LogP contribution >= 0.6 is 0 Å². The van der Waals surface area contributed by atoms with Crippen LogP contribution in [0.3, 0.4) is 0 Å². The first-order valence-corrected chi connectivity index (χ1v) is 12.4. The highest BCUT2D eigenvalue weighted by Crippen LogP contribution is 2.42. The van der Waals surface area contributed by atoms with Crippen LogP contribution in [0.5, 0.6) is 11.5 Å². The normalized spacial score (nSPS) is 19.8. The van der Waals surface area contributed by atoms with E-state index in [1.165, 1.54) is 12.1 Å². The SMILES string of the molecule is COc1cc(C(CN2CCNCC2)C2(O)CCCCC2)ccc1OCc1ccc(C(F)(F)F)cc1. The van der Waals surface area contributed by atoms with E-state index < -0.39 is 17.3 Å². The molecule has 1 saturated carbocycles. The topological polar surface area (TPSA) is 54.0 Å². The van der Waals surface area contributed by atoms with Crippen molar-refractivity contribution in [2.45, 2.75) is 56.4 Å². The lowest BCUT2D eigenvalue weighted by atomic mass is 9.72. The van der Waals surface area contributed by atoms with Gasteiger partial charge in [-0.25, -0.2) is 0 Å². The molecule has 2 fully saturated rings. The molecule has 1 unspecified atom stereocenters.